The maximum atomic E-state index is 13.6. The lowest BCUT2D eigenvalue weighted by molar-refractivity contribution is -0.139. The lowest BCUT2D eigenvalue weighted by Crippen LogP contribution is -2.47. The molecule has 0 radical (unpaired) electrons. The third-order valence-electron chi connectivity index (χ3n) is 4.95. The van der Waals surface area contributed by atoms with Crippen LogP contribution in [0, 0.1) is 12.7 Å². The van der Waals surface area contributed by atoms with Gasteiger partial charge in [0.25, 0.3) is 0 Å². The van der Waals surface area contributed by atoms with Crippen molar-refractivity contribution in [3.63, 3.8) is 0 Å². The number of urea groups is 1. The van der Waals surface area contributed by atoms with E-state index in [9.17, 15) is 14.0 Å². The molecule has 4 rings (SSSR count). The first-order valence-corrected chi connectivity index (χ1v) is 10.0. The Morgan fingerprint density at radius 2 is 2.00 bits per heavy atom. The maximum Gasteiger partial charge on any atom is 0.338 e. The van der Waals surface area contributed by atoms with E-state index >= 15 is 0 Å². The van der Waals surface area contributed by atoms with Gasteiger partial charge in [0.05, 0.1) is 23.9 Å². The Hall–Kier alpha value is -4.08. The van der Waals surface area contributed by atoms with Crippen molar-refractivity contribution in [2.24, 2.45) is 0 Å². The minimum absolute atomic E-state index is 0.0158. The molecule has 1 atom stereocenters. The summed E-state index contributed by atoms with van der Waals surface area (Å²) in [6, 6.07) is 12.5. The molecule has 2 heterocycles. The number of ether oxygens (including phenoxy) is 1. The predicted octanol–water partition coefficient (Wildman–Crippen LogP) is 2.66. The summed E-state index contributed by atoms with van der Waals surface area (Å²) >= 11 is 0. The van der Waals surface area contributed by atoms with Crippen molar-refractivity contribution in [3.8, 4) is 11.4 Å². The number of esters is 1. The number of amides is 2. The van der Waals surface area contributed by atoms with Gasteiger partial charge in [0.1, 0.15) is 12.4 Å². The topological polar surface area (TPSA) is 111 Å². The lowest BCUT2D eigenvalue weighted by atomic mass is 9.95. The van der Waals surface area contributed by atoms with Crippen LogP contribution in [0.2, 0.25) is 0 Å². The molecule has 0 spiro atoms. The molecule has 32 heavy (non-hydrogen) atoms. The Bertz CT molecular complexity index is 1190. The van der Waals surface area contributed by atoms with Crippen molar-refractivity contribution in [2.75, 3.05) is 6.61 Å². The molecule has 0 saturated carbocycles. The minimum Gasteiger partial charge on any atom is -0.463 e. The van der Waals surface area contributed by atoms with E-state index < -0.39 is 18.0 Å². The van der Waals surface area contributed by atoms with Gasteiger partial charge in [0.15, 0.2) is 0 Å². The fourth-order valence-corrected chi connectivity index (χ4v) is 3.44. The van der Waals surface area contributed by atoms with Crippen molar-refractivity contribution in [1.82, 2.24) is 30.8 Å². The number of hydrogen-bond donors (Lipinski definition) is 2. The van der Waals surface area contributed by atoms with Gasteiger partial charge in [-0.15, -0.1) is 10.2 Å². The second-order valence-electron chi connectivity index (χ2n) is 7.16. The number of benzene rings is 2. The summed E-state index contributed by atoms with van der Waals surface area (Å²) in [6.07, 6.45) is 0. The van der Waals surface area contributed by atoms with Gasteiger partial charge >= 0.3 is 12.0 Å². The lowest BCUT2D eigenvalue weighted by Gasteiger charge is -2.29. The normalized spacial score (nSPS) is 15.8. The maximum absolute atomic E-state index is 13.6. The average molecular weight is 436 g/mol. The monoisotopic (exact) mass is 436 g/mol. The summed E-state index contributed by atoms with van der Waals surface area (Å²) in [5.41, 5.74) is 2.36. The molecule has 2 amide bonds. The quantitative estimate of drug-likeness (QED) is 0.575. The van der Waals surface area contributed by atoms with Crippen LogP contribution in [-0.2, 0) is 16.1 Å². The van der Waals surface area contributed by atoms with Gasteiger partial charge in [0, 0.05) is 5.56 Å². The van der Waals surface area contributed by atoms with Gasteiger partial charge in [-0.05, 0) is 48.4 Å². The van der Waals surface area contributed by atoms with E-state index in [0.717, 1.165) is 5.56 Å². The largest absolute Gasteiger partial charge is 0.463 e. The van der Waals surface area contributed by atoms with Gasteiger partial charge in [-0.2, -0.15) is 4.80 Å². The molecule has 0 saturated heterocycles. The van der Waals surface area contributed by atoms with E-state index in [4.69, 9.17) is 4.74 Å². The number of nitrogens with one attached hydrogen (secondary N) is 2. The highest BCUT2D eigenvalue weighted by Crippen LogP contribution is 2.28. The summed E-state index contributed by atoms with van der Waals surface area (Å²) in [4.78, 5) is 26.4. The van der Waals surface area contributed by atoms with Gasteiger partial charge in [-0.1, -0.05) is 30.3 Å². The van der Waals surface area contributed by atoms with Crippen molar-refractivity contribution in [3.05, 3.63) is 76.7 Å². The van der Waals surface area contributed by atoms with Crippen LogP contribution in [0.15, 0.2) is 59.8 Å². The van der Waals surface area contributed by atoms with E-state index in [-0.39, 0.29) is 24.5 Å². The molecule has 0 aliphatic carbocycles. The first-order valence-electron chi connectivity index (χ1n) is 10.0. The van der Waals surface area contributed by atoms with Gasteiger partial charge in [0.2, 0.25) is 5.82 Å². The number of nitrogens with zero attached hydrogens (tertiary/aromatic N) is 4. The number of halogens is 1. The van der Waals surface area contributed by atoms with E-state index in [0.29, 0.717) is 22.6 Å². The Morgan fingerprint density at radius 1 is 1.22 bits per heavy atom. The predicted molar refractivity (Wildman–Crippen MR) is 112 cm³/mol. The number of allylic oxidation sites excluding steroid dienone is 1. The SMILES string of the molecule is CCOC(=O)C1=C(Cn2nnc(-c3ccc(F)c(C)c3)n2)NC(=O)NC1c1ccccc1. The number of aromatic nitrogens is 4. The molecular weight excluding hydrogens is 415 g/mol. The van der Waals surface area contributed by atoms with Gasteiger partial charge in [-0.3, -0.25) is 0 Å². The highest BCUT2D eigenvalue weighted by Gasteiger charge is 2.34. The number of tetrazole rings is 1. The van der Waals surface area contributed by atoms with Crippen LogP contribution in [0.1, 0.15) is 24.1 Å². The number of carbonyl (C=O) groups excluding carboxylic acids is 2. The second-order valence-corrected chi connectivity index (χ2v) is 7.16. The van der Waals surface area contributed by atoms with Crippen LogP contribution in [0.5, 0.6) is 0 Å². The van der Waals surface area contributed by atoms with Crippen LogP contribution >= 0.6 is 0 Å². The molecule has 2 N–H and O–H groups in total. The van der Waals surface area contributed by atoms with Crippen molar-refractivity contribution in [2.45, 2.75) is 26.4 Å². The second kappa shape index (κ2) is 8.96. The summed E-state index contributed by atoms with van der Waals surface area (Å²) in [7, 11) is 0. The number of rotatable bonds is 6. The summed E-state index contributed by atoms with van der Waals surface area (Å²) in [5, 5.41) is 17.8. The molecule has 1 aromatic heterocycles. The Kier molecular flexibility index (Phi) is 5.93. The average Bonchev–Trinajstić information content (AvgIpc) is 3.24. The zero-order chi connectivity index (χ0) is 22.7. The molecule has 2 aromatic carbocycles. The molecule has 1 unspecified atom stereocenters. The van der Waals surface area contributed by atoms with Crippen LogP contribution in [0.25, 0.3) is 11.4 Å². The van der Waals surface area contributed by atoms with Crippen LogP contribution in [0.3, 0.4) is 0 Å². The van der Waals surface area contributed by atoms with E-state index in [1.54, 1.807) is 26.0 Å². The fraction of sp³-hybridized carbons (Fsp3) is 0.227. The molecule has 164 valence electrons. The van der Waals surface area contributed by atoms with E-state index in [1.165, 1.54) is 10.9 Å². The number of aryl methyl sites for hydroxylation is 1. The molecule has 10 heteroatoms. The number of hydrogen-bond acceptors (Lipinski definition) is 6. The first-order chi connectivity index (χ1) is 15.5. The summed E-state index contributed by atoms with van der Waals surface area (Å²) in [6.45, 7) is 3.52. The highest BCUT2D eigenvalue weighted by molar-refractivity contribution is 5.95. The molecular formula is C22H21FN6O3. The van der Waals surface area contributed by atoms with Crippen molar-refractivity contribution >= 4 is 12.0 Å². The molecule has 9 nitrogen and oxygen atoms in total. The summed E-state index contributed by atoms with van der Waals surface area (Å²) in [5.74, 6) is -0.584. The van der Waals surface area contributed by atoms with Gasteiger partial charge < -0.3 is 15.4 Å². The standard InChI is InChI=1S/C22H21FN6O3/c1-3-32-21(30)18-17(24-22(31)25-19(18)14-7-5-4-6-8-14)12-29-27-20(26-28-29)15-9-10-16(23)13(2)11-15/h4-11,19H,3,12H2,1-2H3,(H2,24,25,31). The number of carbonyl (C=O) groups is 2. The Labute approximate surface area is 183 Å². The third-order valence-corrected chi connectivity index (χ3v) is 4.95. The minimum atomic E-state index is -0.693. The molecule has 0 bridgehead atoms. The highest BCUT2D eigenvalue weighted by atomic mass is 19.1. The van der Waals surface area contributed by atoms with E-state index in [2.05, 4.69) is 26.0 Å². The molecule has 3 aromatic rings. The van der Waals surface area contributed by atoms with Crippen LogP contribution in [-0.4, -0.2) is 38.8 Å². The molecule has 1 aliphatic heterocycles. The smallest absolute Gasteiger partial charge is 0.338 e. The molecule has 1 aliphatic rings. The summed E-state index contributed by atoms with van der Waals surface area (Å²) < 4.78 is 18.8. The zero-order valence-electron chi connectivity index (χ0n) is 17.5. The van der Waals surface area contributed by atoms with Crippen LogP contribution in [0.4, 0.5) is 9.18 Å². The Balaban J connectivity index is 1.70. The fourth-order valence-electron chi connectivity index (χ4n) is 3.44. The van der Waals surface area contributed by atoms with Crippen molar-refractivity contribution in [1.29, 1.82) is 0 Å². The third kappa shape index (κ3) is 4.34. The molecule has 0 fully saturated rings. The van der Waals surface area contributed by atoms with Crippen LogP contribution < -0.4 is 10.6 Å². The van der Waals surface area contributed by atoms with Gasteiger partial charge in [-0.25, -0.2) is 14.0 Å². The van der Waals surface area contributed by atoms with E-state index in [1.807, 2.05) is 30.3 Å². The first kappa shape index (κ1) is 21.2. The zero-order valence-corrected chi connectivity index (χ0v) is 17.5. The Morgan fingerprint density at radius 3 is 2.72 bits per heavy atom. The van der Waals surface area contributed by atoms with Crippen molar-refractivity contribution < 1.29 is 18.7 Å².